The normalized spacial score (nSPS) is 13.1. The van der Waals surface area contributed by atoms with Gasteiger partial charge in [-0.05, 0) is 28.3 Å². The predicted molar refractivity (Wildman–Crippen MR) is 77.9 cm³/mol. The summed E-state index contributed by atoms with van der Waals surface area (Å²) in [5.41, 5.74) is 6.84. The standard InChI is InChI=1S/C15H19NOS/c1-10(2)13(8-16)14(17)7-11-9-18-15-6-4-3-5-12(11)15/h3-6,9-10,13H,7-8,16H2,1-2H3. The minimum absolute atomic E-state index is 0.0244. The lowest BCUT2D eigenvalue weighted by atomic mass is 9.88. The molecule has 0 aliphatic heterocycles. The first kappa shape index (κ1) is 13.2. The first-order valence-electron chi connectivity index (χ1n) is 6.31. The third-order valence-corrected chi connectivity index (χ3v) is 4.41. The molecule has 1 aromatic carbocycles. The van der Waals surface area contributed by atoms with Crippen LogP contribution in [0.4, 0.5) is 0 Å². The molecular formula is C15H19NOS. The highest BCUT2D eigenvalue weighted by Gasteiger charge is 2.21. The lowest BCUT2D eigenvalue weighted by molar-refractivity contribution is -0.123. The van der Waals surface area contributed by atoms with Crippen LogP contribution in [0.3, 0.4) is 0 Å². The molecule has 0 radical (unpaired) electrons. The van der Waals surface area contributed by atoms with Gasteiger partial charge in [-0.1, -0.05) is 32.0 Å². The smallest absolute Gasteiger partial charge is 0.141 e. The summed E-state index contributed by atoms with van der Waals surface area (Å²) in [6.07, 6.45) is 0.504. The Morgan fingerprint density at radius 2 is 2.06 bits per heavy atom. The molecule has 1 unspecified atom stereocenters. The highest BCUT2D eigenvalue weighted by Crippen LogP contribution is 2.27. The number of hydrogen-bond donors (Lipinski definition) is 1. The SMILES string of the molecule is CC(C)C(CN)C(=O)Cc1csc2ccccc12. The average Bonchev–Trinajstić information content (AvgIpc) is 2.73. The van der Waals surface area contributed by atoms with E-state index >= 15 is 0 Å². The van der Waals surface area contributed by atoms with Crippen molar-refractivity contribution in [1.29, 1.82) is 0 Å². The Kier molecular flexibility index (Phi) is 4.15. The van der Waals surface area contributed by atoms with Crippen LogP contribution in [0.2, 0.25) is 0 Å². The van der Waals surface area contributed by atoms with Crippen molar-refractivity contribution in [3.63, 3.8) is 0 Å². The van der Waals surface area contributed by atoms with Gasteiger partial charge in [-0.2, -0.15) is 0 Å². The number of nitrogens with two attached hydrogens (primary N) is 1. The van der Waals surface area contributed by atoms with Crippen LogP contribution in [0.1, 0.15) is 19.4 Å². The Morgan fingerprint density at radius 1 is 1.33 bits per heavy atom. The Bertz CT molecular complexity index is 544. The molecule has 2 N–H and O–H groups in total. The topological polar surface area (TPSA) is 43.1 Å². The minimum atomic E-state index is -0.0244. The molecule has 1 atom stereocenters. The number of thiophene rings is 1. The number of Topliss-reactive ketones (excluding diaryl/α,β-unsaturated/α-hetero) is 1. The Balaban J connectivity index is 2.21. The first-order valence-corrected chi connectivity index (χ1v) is 7.19. The highest BCUT2D eigenvalue weighted by atomic mass is 32.1. The lowest BCUT2D eigenvalue weighted by Gasteiger charge is -2.17. The summed E-state index contributed by atoms with van der Waals surface area (Å²) in [4.78, 5) is 12.3. The zero-order valence-electron chi connectivity index (χ0n) is 10.8. The van der Waals surface area contributed by atoms with E-state index in [9.17, 15) is 4.79 Å². The van der Waals surface area contributed by atoms with Crippen LogP contribution in [0.25, 0.3) is 10.1 Å². The van der Waals surface area contributed by atoms with Gasteiger partial charge in [0.15, 0.2) is 0 Å². The molecule has 0 fully saturated rings. The maximum absolute atomic E-state index is 12.3. The molecule has 0 aliphatic carbocycles. The Labute approximate surface area is 112 Å². The van der Waals surface area contributed by atoms with Crippen LogP contribution in [0.15, 0.2) is 29.6 Å². The molecule has 1 heterocycles. The second-order valence-corrected chi connectivity index (χ2v) is 5.90. The number of hydrogen-bond acceptors (Lipinski definition) is 3. The van der Waals surface area contributed by atoms with Crippen molar-refractivity contribution in [2.75, 3.05) is 6.54 Å². The van der Waals surface area contributed by atoms with Gasteiger partial charge < -0.3 is 5.73 Å². The Hall–Kier alpha value is -1.19. The number of carbonyl (C=O) groups is 1. The lowest BCUT2D eigenvalue weighted by Crippen LogP contribution is -2.29. The van der Waals surface area contributed by atoms with Crippen molar-refractivity contribution in [3.05, 3.63) is 35.2 Å². The number of carbonyl (C=O) groups excluding carboxylic acids is 1. The molecule has 0 saturated carbocycles. The molecule has 0 bridgehead atoms. The van der Waals surface area contributed by atoms with Gasteiger partial charge >= 0.3 is 0 Å². The van der Waals surface area contributed by atoms with Crippen LogP contribution in [0.5, 0.6) is 0 Å². The van der Waals surface area contributed by atoms with Gasteiger partial charge in [0.25, 0.3) is 0 Å². The molecule has 0 amide bonds. The van der Waals surface area contributed by atoms with Crippen LogP contribution in [-0.2, 0) is 11.2 Å². The van der Waals surface area contributed by atoms with Gasteiger partial charge in [0, 0.05) is 23.6 Å². The van der Waals surface area contributed by atoms with E-state index < -0.39 is 0 Å². The molecule has 0 spiro atoms. The van der Waals surface area contributed by atoms with Crippen molar-refractivity contribution in [2.45, 2.75) is 20.3 Å². The fourth-order valence-electron chi connectivity index (χ4n) is 2.26. The summed E-state index contributed by atoms with van der Waals surface area (Å²) in [6.45, 7) is 4.56. The van der Waals surface area contributed by atoms with Crippen molar-refractivity contribution < 1.29 is 4.79 Å². The molecule has 0 aliphatic rings. The quantitative estimate of drug-likeness (QED) is 0.898. The van der Waals surface area contributed by atoms with Crippen molar-refractivity contribution >= 4 is 27.2 Å². The number of ketones is 1. The summed E-state index contributed by atoms with van der Waals surface area (Å²) in [5.74, 6) is 0.548. The first-order chi connectivity index (χ1) is 8.63. The zero-order valence-corrected chi connectivity index (χ0v) is 11.7. The van der Waals surface area contributed by atoms with E-state index in [2.05, 4.69) is 31.4 Å². The summed E-state index contributed by atoms with van der Waals surface area (Å²) in [5, 5.41) is 3.30. The number of rotatable bonds is 5. The second kappa shape index (κ2) is 5.63. The molecule has 0 saturated heterocycles. The van der Waals surface area contributed by atoms with E-state index in [1.54, 1.807) is 11.3 Å². The second-order valence-electron chi connectivity index (χ2n) is 4.99. The molecule has 2 aromatic rings. The molecule has 96 valence electrons. The maximum atomic E-state index is 12.3. The fraction of sp³-hybridized carbons (Fsp3) is 0.400. The van der Waals surface area contributed by atoms with Crippen LogP contribution in [0, 0.1) is 11.8 Å². The number of fused-ring (bicyclic) bond motifs is 1. The Morgan fingerprint density at radius 3 is 2.72 bits per heavy atom. The predicted octanol–water partition coefficient (Wildman–Crippen LogP) is 3.24. The number of benzene rings is 1. The summed E-state index contributed by atoms with van der Waals surface area (Å²) < 4.78 is 1.24. The monoisotopic (exact) mass is 261 g/mol. The third kappa shape index (κ3) is 2.62. The van der Waals surface area contributed by atoms with E-state index in [0.29, 0.717) is 18.9 Å². The van der Waals surface area contributed by atoms with E-state index in [4.69, 9.17) is 5.73 Å². The van der Waals surface area contributed by atoms with Crippen LogP contribution in [-0.4, -0.2) is 12.3 Å². The highest BCUT2D eigenvalue weighted by molar-refractivity contribution is 7.17. The van der Waals surface area contributed by atoms with E-state index in [1.165, 1.54) is 10.1 Å². The minimum Gasteiger partial charge on any atom is -0.330 e. The fourth-order valence-corrected chi connectivity index (χ4v) is 3.23. The van der Waals surface area contributed by atoms with Gasteiger partial charge in [-0.25, -0.2) is 0 Å². The van der Waals surface area contributed by atoms with E-state index in [0.717, 1.165) is 5.56 Å². The zero-order chi connectivity index (χ0) is 13.1. The van der Waals surface area contributed by atoms with Gasteiger partial charge in [0.05, 0.1) is 0 Å². The van der Waals surface area contributed by atoms with Crippen LogP contribution >= 0.6 is 11.3 Å². The van der Waals surface area contributed by atoms with E-state index in [-0.39, 0.29) is 11.7 Å². The van der Waals surface area contributed by atoms with Crippen molar-refractivity contribution in [2.24, 2.45) is 17.6 Å². The van der Waals surface area contributed by atoms with Crippen molar-refractivity contribution in [3.8, 4) is 0 Å². The van der Waals surface area contributed by atoms with Crippen molar-refractivity contribution in [1.82, 2.24) is 0 Å². The maximum Gasteiger partial charge on any atom is 0.141 e. The van der Waals surface area contributed by atoms with Gasteiger partial charge in [0.2, 0.25) is 0 Å². The van der Waals surface area contributed by atoms with Crippen LogP contribution < -0.4 is 5.73 Å². The summed E-state index contributed by atoms with van der Waals surface area (Å²) >= 11 is 1.70. The molecule has 18 heavy (non-hydrogen) atoms. The molecule has 1 aromatic heterocycles. The molecular weight excluding hydrogens is 242 g/mol. The molecule has 3 heteroatoms. The largest absolute Gasteiger partial charge is 0.330 e. The summed E-state index contributed by atoms with van der Waals surface area (Å²) in [6, 6.07) is 8.23. The molecule has 2 nitrogen and oxygen atoms in total. The van der Waals surface area contributed by atoms with E-state index in [1.807, 2.05) is 12.1 Å². The third-order valence-electron chi connectivity index (χ3n) is 3.40. The summed E-state index contributed by atoms with van der Waals surface area (Å²) in [7, 11) is 0. The van der Waals surface area contributed by atoms with Gasteiger partial charge in [-0.15, -0.1) is 11.3 Å². The average molecular weight is 261 g/mol. The molecule has 2 rings (SSSR count). The van der Waals surface area contributed by atoms with Gasteiger partial charge in [-0.3, -0.25) is 4.79 Å². The van der Waals surface area contributed by atoms with Gasteiger partial charge in [0.1, 0.15) is 5.78 Å².